The fourth-order valence-electron chi connectivity index (χ4n) is 4.23. The second-order valence-electron chi connectivity index (χ2n) is 7.57. The molecule has 0 aliphatic carbocycles. The lowest BCUT2D eigenvalue weighted by Crippen LogP contribution is -2.40. The number of fused-ring (bicyclic) bond motifs is 1. The lowest BCUT2D eigenvalue weighted by molar-refractivity contribution is 0.304. The first kappa shape index (κ1) is 15.9. The van der Waals surface area contributed by atoms with Gasteiger partial charge in [0.1, 0.15) is 5.82 Å². The third-order valence-electron chi connectivity index (χ3n) is 5.64. The van der Waals surface area contributed by atoms with Crippen LogP contribution in [0.25, 0.3) is 0 Å². The van der Waals surface area contributed by atoms with E-state index in [-0.39, 0.29) is 0 Å². The van der Waals surface area contributed by atoms with Crippen molar-refractivity contribution in [2.24, 2.45) is 11.8 Å². The third-order valence-corrected chi connectivity index (χ3v) is 5.64. The maximum atomic E-state index is 4.43. The van der Waals surface area contributed by atoms with E-state index in [2.05, 4.69) is 63.2 Å². The zero-order chi connectivity index (χ0) is 16.4. The molecule has 0 radical (unpaired) electrons. The molecule has 0 bridgehead atoms. The van der Waals surface area contributed by atoms with Crippen molar-refractivity contribution in [3.8, 4) is 0 Å². The van der Waals surface area contributed by atoms with Gasteiger partial charge in [-0.2, -0.15) is 0 Å². The van der Waals surface area contributed by atoms with Crippen molar-refractivity contribution in [3.63, 3.8) is 0 Å². The van der Waals surface area contributed by atoms with Crippen LogP contribution in [0.2, 0.25) is 0 Å². The summed E-state index contributed by atoms with van der Waals surface area (Å²) in [4.78, 5) is 7.02. The van der Waals surface area contributed by atoms with Crippen LogP contribution < -0.4 is 5.32 Å². The number of nitrogens with zero attached hydrogens (tertiary/aromatic N) is 3. The van der Waals surface area contributed by atoms with Gasteiger partial charge in [0.25, 0.3) is 0 Å². The summed E-state index contributed by atoms with van der Waals surface area (Å²) < 4.78 is 2.33. The molecule has 4 heteroatoms. The first-order valence-electron chi connectivity index (χ1n) is 9.27. The van der Waals surface area contributed by atoms with Crippen LogP contribution in [0.5, 0.6) is 0 Å². The number of benzene rings is 1. The van der Waals surface area contributed by atoms with Gasteiger partial charge >= 0.3 is 0 Å². The molecule has 2 aliphatic heterocycles. The first-order valence-corrected chi connectivity index (χ1v) is 9.27. The van der Waals surface area contributed by atoms with Crippen LogP contribution in [-0.4, -0.2) is 40.1 Å². The zero-order valence-corrected chi connectivity index (χ0v) is 14.6. The summed E-state index contributed by atoms with van der Waals surface area (Å²) in [5, 5.41) is 3.86. The number of imidazole rings is 1. The normalized spacial score (nSPS) is 27.3. The van der Waals surface area contributed by atoms with Gasteiger partial charge in [0, 0.05) is 51.0 Å². The number of rotatable bonds is 5. The fraction of sp³-hybridized carbons (Fsp3) is 0.550. The summed E-state index contributed by atoms with van der Waals surface area (Å²) in [5.41, 5.74) is 1.42. The predicted octanol–water partition coefficient (Wildman–Crippen LogP) is 2.56. The molecule has 3 atom stereocenters. The quantitative estimate of drug-likeness (QED) is 0.917. The largest absolute Gasteiger partial charge is 0.335 e. The Balaban J connectivity index is 1.27. The van der Waals surface area contributed by atoms with E-state index in [1.54, 1.807) is 0 Å². The minimum absolute atomic E-state index is 0.623. The van der Waals surface area contributed by atoms with Crippen LogP contribution in [0.3, 0.4) is 0 Å². The molecule has 1 aromatic heterocycles. The number of hydrogen-bond donors (Lipinski definition) is 1. The van der Waals surface area contributed by atoms with Crippen molar-refractivity contribution >= 4 is 0 Å². The molecule has 3 heterocycles. The highest BCUT2D eigenvalue weighted by Crippen LogP contribution is 2.21. The molecule has 24 heavy (non-hydrogen) atoms. The van der Waals surface area contributed by atoms with Crippen molar-refractivity contribution in [3.05, 3.63) is 54.1 Å². The van der Waals surface area contributed by atoms with E-state index in [1.807, 2.05) is 6.20 Å². The summed E-state index contributed by atoms with van der Waals surface area (Å²) in [6, 6.07) is 11.5. The predicted molar refractivity (Wildman–Crippen MR) is 96.7 cm³/mol. The molecule has 1 aromatic carbocycles. The topological polar surface area (TPSA) is 33.1 Å². The molecule has 2 aliphatic rings. The van der Waals surface area contributed by atoms with E-state index in [0.717, 1.165) is 37.9 Å². The van der Waals surface area contributed by atoms with Crippen molar-refractivity contribution in [2.75, 3.05) is 19.6 Å². The average molecular weight is 324 g/mol. The van der Waals surface area contributed by atoms with E-state index in [4.69, 9.17) is 0 Å². The number of nitrogens with one attached hydrogen (secondary N) is 1. The average Bonchev–Trinajstić information content (AvgIpc) is 3.19. The molecule has 0 saturated carbocycles. The molecule has 1 saturated heterocycles. The van der Waals surface area contributed by atoms with Crippen LogP contribution in [0.4, 0.5) is 0 Å². The molecular weight excluding hydrogens is 296 g/mol. The molecule has 1 fully saturated rings. The van der Waals surface area contributed by atoms with E-state index in [1.165, 1.54) is 30.9 Å². The third kappa shape index (κ3) is 3.55. The standard InChI is InChI=1S/C20H28N4/c1-16-12-23(13-17-5-3-2-4-6-17)15-19(16)22-11-18-7-8-20-21-9-10-24(20)14-18/h2-6,9-10,16,18-19,22H,7-8,11-15H2,1H3/t16-,18-,19+/m1/s1. The van der Waals surface area contributed by atoms with Gasteiger partial charge in [0.05, 0.1) is 0 Å². The van der Waals surface area contributed by atoms with E-state index < -0.39 is 0 Å². The smallest absolute Gasteiger partial charge is 0.108 e. The van der Waals surface area contributed by atoms with Crippen LogP contribution in [0.15, 0.2) is 42.7 Å². The molecule has 0 amide bonds. The summed E-state index contributed by atoms with van der Waals surface area (Å²) in [6.07, 6.45) is 6.45. The Morgan fingerprint density at radius 2 is 2.04 bits per heavy atom. The van der Waals surface area contributed by atoms with Crippen molar-refractivity contribution in [1.82, 2.24) is 19.8 Å². The van der Waals surface area contributed by atoms with Crippen molar-refractivity contribution < 1.29 is 0 Å². The van der Waals surface area contributed by atoms with Gasteiger partial charge < -0.3 is 9.88 Å². The molecular formula is C20H28N4. The molecule has 4 rings (SSSR count). The minimum atomic E-state index is 0.623. The summed E-state index contributed by atoms with van der Waals surface area (Å²) in [7, 11) is 0. The van der Waals surface area contributed by atoms with Crippen LogP contribution in [0.1, 0.15) is 24.7 Å². The van der Waals surface area contributed by atoms with Gasteiger partial charge in [-0.05, 0) is 30.4 Å². The van der Waals surface area contributed by atoms with Crippen molar-refractivity contribution in [2.45, 2.75) is 38.9 Å². The molecule has 1 N–H and O–H groups in total. The molecule has 0 spiro atoms. The fourth-order valence-corrected chi connectivity index (χ4v) is 4.23. The molecule has 0 unspecified atom stereocenters. The highest BCUT2D eigenvalue weighted by atomic mass is 15.2. The van der Waals surface area contributed by atoms with E-state index >= 15 is 0 Å². The number of hydrogen-bond acceptors (Lipinski definition) is 3. The minimum Gasteiger partial charge on any atom is -0.335 e. The van der Waals surface area contributed by atoms with E-state index in [9.17, 15) is 0 Å². The highest BCUT2D eigenvalue weighted by Gasteiger charge is 2.30. The Labute approximate surface area is 144 Å². The zero-order valence-electron chi connectivity index (χ0n) is 14.6. The second-order valence-corrected chi connectivity index (χ2v) is 7.57. The highest BCUT2D eigenvalue weighted by molar-refractivity contribution is 5.14. The van der Waals surface area contributed by atoms with Gasteiger partial charge in [0.15, 0.2) is 0 Å². The van der Waals surface area contributed by atoms with Gasteiger partial charge in [-0.1, -0.05) is 37.3 Å². The van der Waals surface area contributed by atoms with Crippen molar-refractivity contribution in [1.29, 1.82) is 0 Å². The maximum Gasteiger partial charge on any atom is 0.108 e. The Morgan fingerprint density at radius 1 is 1.17 bits per heavy atom. The maximum absolute atomic E-state index is 4.43. The Kier molecular flexibility index (Phi) is 4.67. The lowest BCUT2D eigenvalue weighted by atomic mass is 9.98. The SMILES string of the molecule is C[C@@H]1CN(Cc2ccccc2)C[C@@H]1NC[C@H]1CCc2nccn2C1. The summed E-state index contributed by atoms with van der Waals surface area (Å²) in [6.45, 7) is 8.08. The number of aryl methyl sites for hydroxylation is 1. The number of likely N-dealkylation sites (tertiary alicyclic amines) is 1. The lowest BCUT2D eigenvalue weighted by Gasteiger charge is -2.26. The first-order chi connectivity index (χ1) is 11.8. The van der Waals surface area contributed by atoms with Gasteiger partial charge in [-0.25, -0.2) is 4.98 Å². The summed E-state index contributed by atoms with van der Waals surface area (Å²) >= 11 is 0. The van der Waals surface area contributed by atoms with E-state index in [0.29, 0.717) is 6.04 Å². The Bertz CT molecular complexity index is 651. The number of aromatic nitrogens is 2. The Hall–Kier alpha value is -1.65. The molecule has 4 nitrogen and oxygen atoms in total. The molecule has 2 aromatic rings. The second kappa shape index (κ2) is 7.08. The van der Waals surface area contributed by atoms with Crippen LogP contribution >= 0.6 is 0 Å². The Morgan fingerprint density at radius 3 is 2.92 bits per heavy atom. The van der Waals surface area contributed by atoms with Gasteiger partial charge in [-0.3, -0.25) is 4.90 Å². The van der Waals surface area contributed by atoms with Gasteiger partial charge in [0.2, 0.25) is 0 Å². The monoisotopic (exact) mass is 324 g/mol. The van der Waals surface area contributed by atoms with Gasteiger partial charge in [-0.15, -0.1) is 0 Å². The van der Waals surface area contributed by atoms with Crippen LogP contribution in [-0.2, 0) is 19.5 Å². The molecule has 128 valence electrons. The summed E-state index contributed by atoms with van der Waals surface area (Å²) in [5.74, 6) is 2.72. The van der Waals surface area contributed by atoms with Crippen LogP contribution in [0, 0.1) is 11.8 Å².